The SMILES string of the molecule is NN=N[PH3+]. The number of nitrogens with zero attached hydrogens (tertiary/aromatic N) is 2. The molecule has 0 spiro atoms. The van der Waals surface area contributed by atoms with Crippen molar-refractivity contribution in [3.8, 4) is 0 Å². The van der Waals surface area contributed by atoms with Gasteiger partial charge in [0.2, 0.25) is 0 Å². The Morgan fingerprint density at radius 2 is 2.00 bits per heavy atom. The van der Waals surface area contributed by atoms with Crippen molar-refractivity contribution in [3.05, 3.63) is 0 Å². The van der Waals surface area contributed by atoms with E-state index in [1.165, 1.54) is 9.39 Å². The summed E-state index contributed by atoms with van der Waals surface area (Å²) in [7, 11) is 1.36. The lowest BCUT2D eigenvalue weighted by atomic mass is 12.8. The van der Waals surface area contributed by atoms with E-state index in [0.717, 1.165) is 0 Å². The van der Waals surface area contributed by atoms with Crippen LogP contribution in [0.3, 0.4) is 0 Å². The van der Waals surface area contributed by atoms with Crippen LogP contribution in [0.1, 0.15) is 0 Å². The maximum absolute atomic E-state index is 4.49. The Hall–Kier alpha value is -0.170. The van der Waals surface area contributed by atoms with Gasteiger partial charge in [-0.25, -0.2) is 0 Å². The van der Waals surface area contributed by atoms with E-state index in [1.54, 1.807) is 0 Å². The summed E-state index contributed by atoms with van der Waals surface area (Å²) in [6.45, 7) is 0. The minimum absolute atomic E-state index is 1.36. The van der Waals surface area contributed by atoms with Crippen molar-refractivity contribution in [1.82, 2.24) is 0 Å². The molecule has 0 heterocycles. The molecule has 0 aromatic heterocycles. The Kier molecular flexibility index (Phi) is 2.71. The highest BCUT2D eigenvalue weighted by atomic mass is 31.0. The molecule has 2 N–H and O–H groups in total. The highest BCUT2D eigenvalue weighted by Gasteiger charge is 1.38. The lowest BCUT2D eigenvalue weighted by Gasteiger charge is -1.48. The molecule has 0 aromatic rings. The molecule has 1 unspecified atom stereocenters. The first-order chi connectivity index (χ1) is 1.91. The van der Waals surface area contributed by atoms with E-state index >= 15 is 0 Å². The minimum Gasteiger partial charge on any atom is -0.302 e. The summed E-state index contributed by atoms with van der Waals surface area (Å²) in [6, 6.07) is 0. The molecule has 0 rings (SSSR count). The summed E-state index contributed by atoms with van der Waals surface area (Å²) in [4.78, 5) is 3.17. The zero-order valence-corrected chi connectivity index (χ0v) is 3.59. The zero-order valence-electron chi connectivity index (χ0n) is 2.18. The molecule has 0 bridgehead atoms. The Balaban J connectivity index is 2.55. The number of hydrogen-bond acceptors (Lipinski definition) is 2. The second kappa shape index (κ2) is 2.83. The van der Waals surface area contributed by atoms with Gasteiger partial charge in [-0.15, -0.1) is 0 Å². The highest BCUT2D eigenvalue weighted by Crippen LogP contribution is 1.74. The highest BCUT2D eigenvalue weighted by molar-refractivity contribution is 7.14. The molecule has 0 amide bonds. The van der Waals surface area contributed by atoms with Gasteiger partial charge in [0.05, 0.1) is 0 Å². The van der Waals surface area contributed by atoms with Crippen LogP contribution in [0, 0.1) is 0 Å². The molecular weight excluding hydrogens is 73.0 g/mol. The van der Waals surface area contributed by atoms with Gasteiger partial charge in [0, 0.05) is 0 Å². The van der Waals surface area contributed by atoms with Crippen molar-refractivity contribution < 1.29 is 0 Å². The van der Waals surface area contributed by atoms with E-state index in [2.05, 4.69) is 16.0 Å². The van der Waals surface area contributed by atoms with Crippen LogP contribution in [0.15, 0.2) is 10.1 Å². The van der Waals surface area contributed by atoms with Crippen LogP contribution >= 0.6 is 9.39 Å². The fourth-order valence-corrected chi connectivity index (χ4v) is 0. The van der Waals surface area contributed by atoms with Crippen molar-refractivity contribution >= 4 is 9.39 Å². The topological polar surface area (TPSA) is 50.7 Å². The van der Waals surface area contributed by atoms with Crippen molar-refractivity contribution in [2.75, 3.05) is 0 Å². The molecule has 0 aromatic carbocycles. The summed E-state index contributed by atoms with van der Waals surface area (Å²) in [5.41, 5.74) is 0. The van der Waals surface area contributed by atoms with Crippen LogP contribution in [0.2, 0.25) is 0 Å². The Morgan fingerprint density at radius 3 is 2.00 bits per heavy atom. The summed E-state index contributed by atoms with van der Waals surface area (Å²) >= 11 is 0. The molecule has 0 aliphatic rings. The molecule has 0 aliphatic heterocycles. The van der Waals surface area contributed by atoms with Gasteiger partial charge in [-0.3, -0.25) is 0 Å². The first-order valence-electron chi connectivity index (χ1n) is 0.774. The third-order valence-electron chi connectivity index (χ3n) is 0.0816. The molecule has 0 radical (unpaired) electrons. The van der Waals surface area contributed by atoms with Gasteiger partial charge in [-0.1, -0.05) is 0 Å². The van der Waals surface area contributed by atoms with Crippen LogP contribution in [0.25, 0.3) is 0 Å². The molecule has 0 fully saturated rings. The second-order valence-corrected chi connectivity index (χ2v) is 0.540. The first-order valence-corrected chi connectivity index (χ1v) is 1.41. The number of rotatable bonds is 0. The lowest BCUT2D eigenvalue weighted by Crippen LogP contribution is -1.68. The van der Waals surface area contributed by atoms with Crippen molar-refractivity contribution in [1.29, 1.82) is 0 Å². The predicted molar refractivity (Wildman–Crippen MR) is 20.1 cm³/mol. The molecular formula is H5N3P+. The summed E-state index contributed by atoms with van der Waals surface area (Å²) in [5.74, 6) is 4.49. The van der Waals surface area contributed by atoms with E-state index in [9.17, 15) is 0 Å². The summed E-state index contributed by atoms with van der Waals surface area (Å²) in [5, 5.41) is 2.87. The van der Waals surface area contributed by atoms with Gasteiger partial charge in [0.25, 0.3) is 0 Å². The normalized spacial score (nSPS) is 10.0. The quantitative estimate of drug-likeness (QED) is 0.186. The van der Waals surface area contributed by atoms with Gasteiger partial charge in [0.15, 0.2) is 0 Å². The molecule has 0 aliphatic carbocycles. The largest absolute Gasteiger partial charge is 0.302 e. The van der Waals surface area contributed by atoms with E-state index in [0.29, 0.717) is 0 Å². The third kappa shape index (κ3) is 1.83. The molecule has 24 valence electrons. The minimum atomic E-state index is 1.36. The van der Waals surface area contributed by atoms with Crippen molar-refractivity contribution in [2.24, 2.45) is 16.0 Å². The molecule has 3 nitrogen and oxygen atoms in total. The predicted octanol–water partition coefficient (Wildman–Crippen LogP) is -0.165. The molecule has 1 atom stereocenters. The second-order valence-electron chi connectivity index (χ2n) is 0.257. The molecule has 0 saturated carbocycles. The fraction of sp³-hybridized carbons (Fsp3) is 0. The zero-order chi connectivity index (χ0) is 3.41. The van der Waals surface area contributed by atoms with Gasteiger partial charge in [0.1, 0.15) is 9.39 Å². The van der Waals surface area contributed by atoms with Crippen molar-refractivity contribution in [3.63, 3.8) is 0 Å². The summed E-state index contributed by atoms with van der Waals surface area (Å²) in [6.07, 6.45) is 0. The summed E-state index contributed by atoms with van der Waals surface area (Å²) < 4.78 is 0. The standard InChI is InChI=1S/H4N3P/c1-2-3-4/h4H2,(H2,1,3)/p+1. The van der Waals surface area contributed by atoms with Gasteiger partial charge >= 0.3 is 0 Å². The molecule has 4 heavy (non-hydrogen) atoms. The van der Waals surface area contributed by atoms with E-state index in [-0.39, 0.29) is 0 Å². The van der Waals surface area contributed by atoms with Crippen LogP contribution < -0.4 is 5.84 Å². The molecule has 4 heteroatoms. The number of hydrogen-bond donors (Lipinski definition) is 1. The first kappa shape index (κ1) is 3.83. The van der Waals surface area contributed by atoms with E-state index < -0.39 is 0 Å². The monoisotopic (exact) mass is 78.0 g/mol. The maximum atomic E-state index is 4.49. The van der Waals surface area contributed by atoms with Gasteiger partial charge in [-0.05, 0) is 10.1 Å². The smallest absolute Gasteiger partial charge is 0.120 e. The van der Waals surface area contributed by atoms with E-state index in [4.69, 9.17) is 0 Å². The average molecular weight is 78.0 g/mol. The van der Waals surface area contributed by atoms with Crippen LogP contribution in [0.4, 0.5) is 0 Å². The van der Waals surface area contributed by atoms with Gasteiger partial charge < -0.3 is 5.84 Å². The average Bonchev–Trinajstić information content (AvgIpc) is 1.37. The Morgan fingerprint density at radius 1 is 1.75 bits per heavy atom. The molecule has 0 saturated heterocycles. The fourth-order valence-electron chi connectivity index (χ4n) is 0. The third-order valence-corrected chi connectivity index (χ3v) is 0.245. The van der Waals surface area contributed by atoms with Crippen LogP contribution in [-0.2, 0) is 0 Å². The van der Waals surface area contributed by atoms with Crippen molar-refractivity contribution in [2.45, 2.75) is 0 Å². The Labute approximate surface area is 26.5 Å². The lowest BCUT2D eigenvalue weighted by molar-refractivity contribution is 1.12. The number of nitrogens with two attached hydrogens (primary N) is 1. The van der Waals surface area contributed by atoms with E-state index in [1.807, 2.05) is 0 Å². The Bertz CT molecular complexity index is 18.5. The van der Waals surface area contributed by atoms with Gasteiger partial charge in [-0.2, -0.15) is 0 Å². The van der Waals surface area contributed by atoms with Crippen LogP contribution in [0.5, 0.6) is 0 Å². The van der Waals surface area contributed by atoms with Crippen LogP contribution in [-0.4, -0.2) is 0 Å². The maximum Gasteiger partial charge on any atom is 0.120 e.